The summed E-state index contributed by atoms with van der Waals surface area (Å²) in [7, 11) is 0. The number of carbonyl (C=O) groups is 1. The number of benzene rings is 3. The number of nitrogens with one attached hydrogen (secondary N) is 1. The van der Waals surface area contributed by atoms with Crippen LogP contribution in [0.2, 0.25) is 0 Å². The average Bonchev–Trinajstić information content (AvgIpc) is 2.87. The number of aliphatic hydroxyl groups is 1. The molecule has 0 radical (unpaired) electrons. The lowest BCUT2D eigenvalue weighted by molar-refractivity contribution is -0.245. The Balaban J connectivity index is 1.54. The molecule has 0 aromatic heterocycles. The molecule has 9 heteroatoms. The van der Waals surface area contributed by atoms with E-state index in [-0.39, 0.29) is 18.8 Å². The topological polar surface area (TPSA) is 67.8 Å². The normalized spacial score (nSPS) is 20.4. The van der Waals surface area contributed by atoms with E-state index >= 15 is 0 Å². The lowest BCUT2D eigenvalue weighted by Gasteiger charge is -2.36. The smallest absolute Gasteiger partial charge is 0.276 e. The third-order valence-electron chi connectivity index (χ3n) is 5.47. The highest BCUT2D eigenvalue weighted by Gasteiger charge is 2.33. The number of anilines is 1. The molecular formula is C26H24Cl3NO4S. The summed E-state index contributed by atoms with van der Waals surface area (Å²) >= 11 is 18.8. The number of halogens is 3. The second kappa shape index (κ2) is 12.0. The van der Waals surface area contributed by atoms with Crippen LogP contribution in [0.4, 0.5) is 5.69 Å². The third kappa shape index (κ3) is 7.37. The van der Waals surface area contributed by atoms with Gasteiger partial charge in [0.15, 0.2) is 6.29 Å². The van der Waals surface area contributed by atoms with Crippen LogP contribution in [0.25, 0.3) is 0 Å². The first-order chi connectivity index (χ1) is 16.8. The van der Waals surface area contributed by atoms with Gasteiger partial charge in [-0.1, -0.05) is 89.4 Å². The average molecular weight is 553 g/mol. The molecule has 3 atom stereocenters. The number of carbonyl (C=O) groups excluding carboxylic acids is 1. The summed E-state index contributed by atoms with van der Waals surface area (Å²) in [6.45, 7) is -0.0133. The second-order valence-electron chi connectivity index (χ2n) is 8.05. The molecule has 0 aliphatic carbocycles. The van der Waals surface area contributed by atoms with E-state index in [1.807, 2.05) is 48.5 Å². The van der Waals surface area contributed by atoms with Crippen LogP contribution in [0.15, 0.2) is 83.8 Å². The van der Waals surface area contributed by atoms with Crippen LogP contribution in [0.5, 0.6) is 0 Å². The van der Waals surface area contributed by atoms with E-state index < -0.39 is 16.0 Å². The van der Waals surface area contributed by atoms with Gasteiger partial charge in [0.1, 0.15) is 0 Å². The largest absolute Gasteiger partial charge is 0.392 e. The Morgan fingerprint density at radius 1 is 0.971 bits per heavy atom. The number of thioether (sulfide) groups is 1. The van der Waals surface area contributed by atoms with Gasteiger partial charge in [-0.25, -0.2) is 0 Å². The van der Waals surface area contributed by atoms with Crippen molar-refractivity contribution in [2.75, 3.05) is 11.1 Å². The number of amides is 1. The number of rotatable bonds is 7. The molecule has 3 aromatic carbocycles. The summed E-state index contributed by atoms with van der Waals surface area (Å²) in [5, 5.41) is 12.0. The number of hydrogen-bond donors (Lipinski definition) is 2. The first-order valence-corrected chi connectivity index (χ1v) is 13.1. The van der Waals surface area contributed by atoms with E-state index in [2.05, 4.69) is 17.4 Å². The predicted molar refractivity (Wildman–Crippen MR) is 141 cm³/mol. The van der Waals surface area contributed by atoms with Crippen LogP contribution < -0.4 is 5.32 Å². The van der Waals surface area contributed by atoms with Crippen molar-refractivity contribution in [3.63, 3.8) is 0 Å². The van der Waals surface area contributed by atoms with Gasteiger partial charge in [0.25, 0.3) is 9.70 Å². The van der Waals surface area contributed by atoms with E-state index in [0.29, 0.717) is 12.1 Å². The van der Waals surface area contributed by atoms with E-state index in [1.54, 1.807) is 30.0 Å². The van der Waals surface area contributed by atoms with Crippen LogP contribution in [-0.4, -0.2) is 26.7 Å². The molecule has 0 spiro atoms. The van der Waals surface area contributed by atoms with Gasteiger partial charge in [-0.3, -0.25) is 4.79 Å². The van der Waals surface area contributed by atoms with E-state index in [9.17, 15) is 9.90 Å². The fourth-order valence-corrected chi connectivity index (χ4v) is 4.78. The molecular weight excluding hydrogens is 529 g/mol. The Morgan fingerprint density at radius 2 is 1.71 bits per heavy atom. The molecule has 5 nitrogen and oxygen atoms in total. The highest BCUT2D eigenvalue weighted by Crippen LogP contribution is 2.40. The molecule has 3 unspecified atom stereocenters. The first-order valence-electron chi connectivity index (χ1n) is 11.0. The Kier molecular flexibility index (Phi) is 9.00. The maximum absolute atomic E-state index is 12.1. The molecule has 4 rings (SSSR count). The Labute approximate surface area is 223 Å². The van der Waals surface area contributed by atoms with Gasteiger partial charge in [0.05, 0.1) is 18.8 Å². The summed E-state index contributed by atoms with van der Waals surface area (Å²) in [6, 6.07) is 25.0. The SMILES string of the molecule is O=C(Nc1cccc(C2OC(CSc3ccccc3)CC(c3ccc(CO)cc3)O2)c1)C(Cl)(Cl)Cl. The fourth-order valence-electron chi connectivity index (χ4n) is 3.69. The van der Waals surface area contributed by atoms with Crippen molar-refractivity contribution in [3.05, 3.63) is 95.6 Å². The molecule has 2 N–H and O–H groups in total. The van der Waals surface area contributed by atoms with Gasteiger partial charge in [-0.05, 0) is 35.4 Å². The van der Waals surface area contributed by atoms with Crippen LogP contribution in [-0.2, 0) is 20.9 Å². The highest BCUT2D eigenvalue weighted by atomic mass is 35.6. The Morgan fingerprint density at radius 3 is 2.40 bits per heavy atom. The molecule has 184 valence electrons. The van der Waals surface area contributed by atoms with Crippen molar-refractivity contribution < 1.29 is 19.4 Å². The molecule has 0 saturated carbocycles. The molecule has 1 aliphatic rings. The zero-order valence-corrected chi connectivity index (χ0v) is 21.7. The van der Waals surface area contributed by atoms with Crippen molar-refractivity contribution in [2.45, 2.75) is 40.2 Å². The zero-order chi connectivity index (χ0) is 24.8. The quantitative estimate of drug-likeness (QED) is 0.248. The lowest BCUT2D eigenvalue weighted by Crippen LogP contribution is -2.31. The Bertz CT molecular complexity index is 1130. The summed E-state index contributed by atoms with van der Waals surface area (Å²) in [5.41, 5.74) is 3.05. The minimum atomic E-state index is -2.07. The van der Waals surface area contributed by atoms with Crippen LogP contribution in [0.1, 0.15) is 35.5 Å². The van der Waals surface area contributed by atoms with Crippen molar-refractivity contribution in [1.82, 2.24) is 0 Å². The summed E-state index contributed by atoms with van der Waals surface area (Å²) in [4.78, 5) is 13.3. The zero-order valence-electron chi connectivity index (χ0n) is 18.6. The lowest BCUT2D eigenvalue weighted by atomic mass is 10.0. The van der Waals surface area contributed by atoms with Crippen molar-refractivity contribution in [1.29, 1.82) is 0 Å². The van der Waals surface area contributed by atoms with Gasteiger partial charge in [-0.2, -0.15) is 0 Å². The monoisotopic (exact) mass is 551 g/mol. The molecule has 35 heavy (non-hydrogen) atoms. The minimum absolute atomic E-state index is 0.0133. The predicted octanol–water partition coefficient (Wildman–Crippen LogP) is 6.83. The van der Waals surface area contributed by atoms with Crippen molar-refractivity contribution in [2.24, 2.45) is 0 Å². The van der Waals surface area contributed by atoms with Gasteiger partial charge < -0.3 is 19.9 Å². The second-order valence-corrected chi connectivity index (χ2v) is 11.4. The minimum Gasteiger partial charge on any atom is -0.392 e. The summed E-state index contributed by atoms with van der Waals surface area (Å²) < 4.78 is 10.6. The molecule has 1 heterocycles. The number of hydrogen-bond acceptors (Lipinski definition) is 5. The van der Waals surface area contributed by atoms with Crippen molar-refractivity contribution >= 4 is 58.2 Å². The molecule has 1 saturated heterocycles. The number of aliphatic hydroxyl groups excluding tert-OH is 1. The highest BCUT2D eigenvalue weighted by molar-refractivity contribution is 7.99. The van der Waals surface area contributed by atoms with Crippen molar-refractivity contribution in [3.8, 4) is 0 Å². The van der Waals surface area contributed by atoms with Gasteiger partial charge >= 0.3 is 0 Å². The van der Waals surface area contributed by atoms with Crippen LogP contribution in [0, 0.1) is 0 Å². The van der Waals surface area contributed by atoms with Crippen LogP contribution >= 0.6 is 46.6 Å². The fraction of sp³-hybridized carbons (Fsp3) is 0.269. The number of alkyl halides is 3. The molecule has 1 aliphatic heterocycles. The van der Waals surface area contributed by atoms with Gasteiger partial charge in [0.2, 0.25) is 0 Å². The summed E-state index contributed by atoms with van der Waals surface area (Å²) in [6.07, 6.45) is -0.265. The maximum Gasteiger partial charge on any atom is 0.276 e. The Hall–Kier alpha value is -1.77. The molecule has 1 fully saturated rings. The standard InChI is InChI=1S/C26H24Cl3NO4S/c27-26(28,29)25(32)30-20-6-4-5-19(13-20)24-33-21(16-35-22-7-2-1-3-8-22)14-23(34-24)18-11-9-17(15-31)10-12-18/h1-13,21,23-24,31H,14-16H2,(H,30,32). The van der Waals surface area contributed by atoms with Crippen LogP contribution in [0.3, 0.4) is 0 Å². The van der Waals surface area contributed by atoms with E-state index in [4.69, 9.17) is 44.3 Å². The van der Waals surface area contributed by atoms with Gasteiger partial charge in [0, 0.05) is 28.3 Å². The summed E-state index contributed by atoms with van der Waals surface area (Å²) in [5.74, 6) is 0.00261. The molecule has 3 aromatic rings. The first kappa shape index (κ1) is 26.3. The maximum atomic E-state index is 12.1. The number of ether oxygens (including phenoxy) is 2. The van der Waals surface area contributed by atoms with Gasteiger partial charge in [-0.15, -0.1) is 11.8 Å². The van der Waals surface area contributed by atoms with E-state index in [1.165, 1.54) is 4.90 Å². The third-order valence-corrected chi connectivity index (χ3v) is 7.13. The van der Waals surface area contributed by atoms with E-state index in [0.717, 1.165) is 22.4 Å². The molecule has 1 amide bonds. The molecule has 0 bridgehead atoms.